The van der Waals surface area contributed by atoms with E-state index in [2.05, 4.69) is 0 Å². The molecule has 3 heteroatoms. The number of carbonyl (C=O) groups excluding carboxylic acids is 1. The van der Waals surface area contributed by atoms with E-state index in [-0.39, 0.29) is 5.78 Å². The van der Waals surface area contributed by atoms with Crippen molar-refractivity contribution in [2.75, 3.05) is 0 Å². The molecular weight excluding hydrogens is 180 g/mol. The maximum atomic E-state index is 11.5. The molecule has 0 aliphatic heterocycles. The molecule has 72 valence electrons. The van der Waals surface area contributed by atoms with Crippen LogP contribution in [0.25, 0.3) is 0 Å². The van der Waals surface area contributed by atoms with Gasteiger partial charge in [-0.25, -0.2) is 0 Å². The molecule has 0 aliphatic rings. The highest BCUT2D eigenvalue weighted by molar-refractivity contribution is 5.82. The van der Waals surface area contributed by atoms with Crippen molar-refractivity contribution in [3.8, 4) is 0 Å². The third kappa shape index (κ3) is 2.13. The molecule has 0 saturated carbocycles. The molecule has 0 N–H and O–H groups in total. The minimum atomic E-state index is 0.0925. The van der Waals surface area contributed by atoms with E-state index >= 15 is 0 Å². The maximum absolute atomic E-state index is 11.5. The molecule has 14 heavy (non-hydrogen) atoms. The summed E-state index contributed by atoms with van der Waals surface area (Å²) < 4.78 is 10.1. The summed E-state index contributed by atoms with van der Waals surface area (Å²) in [6.07, 6.45) is 3.78. The maximum Gasteiger partial charge on any atom is 0.147 e. The van der Waals surface area contributed by atoms with Crippen LogP contribution < -0.4 is 0 Å². The smallest absolute Gasteiger partial charge is 0.147 e. The van der Waals surface area contributed by atoms with Gasteiger partial charge in [0.25, 0.3) is 0 Å². The molecule has 2 aromatic rings. The molecule has 0 spiro atoms. The normalized spacial score (nSPS) is 10.3. The SMILES string of the molecule is O=C(Cc1ccco1)Cc1ccco1. The third-order valence-electron chi connectivity index (χ3n) is 1.90. The number of Topliss-reactive ketones (excluding diaryl/α,β-unsaturated/α-hetero) is 1. The summed E-state index contributed by atoms with van der Waals surface area (Å²) in [5.74, 6) is 1.48. The van der Waals surface area contributed by atoms with E-state index in [1.54, 1.807) is 36.8 Å². The molecule has 2 heterocycles. The largest absolute Gasteiger partial charge is 0.469 e. The van der Waals surface area contributed by atoms with E-state index in [1.165, 1.54) is 0 Å². The molecular formula is C11H10O3. The van der Waals surface area contributed by atoms with Crippen LogP contribution in [0.3, 0.4) is 0 Å². The van der Waals surface area contributed by atoms with Crippen molar-refractivity contribution >= 4 is 5.78 Å². The Hall–Kier alpha value is -1.77. The Morgan fingerprint density at radius 1 is 1.00 bits per heavy atom. The van der Waals surface area contributed by atoms with Gasteiger partial charge in [-0.15, -0.1) is 0 Å². The van der Waals surface area contributed by atoms with Crippen LogP contribution in [0.1, 0.15) is 11.5 Å². The molecule has 0 bridgehead atoms. The zero-order chi connectivity index (χ0) is 9.80. The van der Waals surface area contributed by atoms with Gasteiger partial charge in [0.1, 0.15) is 17.3 Å². The molecule has 0 unspecified atom stereocenters. The van der Waals surface area contributed by atoms with Crippen LogP contribution in [0.4, 0.5) is 0 Å². The summed E-state index contributed by atoms with van der Waals surface area (Å²) in [5.41, 5.74) is 0. The molecule has 0 amide bonds. The molecule has 0 aromatic carbocycles. The lowest BCUT2D eigenvalue weighted by Crippen LogP contribution is -2.04. The van der Waals surface area contributed by atoms with Crippen molar-refractivity contribution in [3.05, 3.63) is 48.3 Å². The molecule has 0 saturated heterocycles. The van der Waals surface area contributed by atoms with Gasteiger partial charge in [0.2, 0.25) is 0 Å². The molecule has 2 rings (SSSR count). The molecule has 0 fully saturated rings. The van der Waals surface area contributed by atoms with E-state index < -0.39 is 0 Å². The average molecular weight is 190 g/mol. The van der Waals surface area contributed by atoms with Crippen LogP contribution in [0.15, 0.2) is 45.6 Å². The Morgan fingerprint density at radius 3 is 1.86 bits per heavy atom. The van der Waals surface area contributed by atoms with E-state index in [0.717, 1.165) is 0 Å². The van der Waals surface area contributed by atoms with Gasteiger partial charge in [-0.05, 0) is 24.3 Å². The van der Waals surface area contributed by atoms with Gasteiger partial charge >= 0.3 is 0 Å². The van der Waals surface area contributed by atoms with Gasteiger partial charge in [-0.3, -0.25) is 4.79 Å². The topological polar surface area (TPSA) is 43.4 Å². The monoisotopic (exact) mass is 190 g/mol. The van der Waals surface area contributed by atoms with Crippen LogP contribution in [-0.2, 0) is 17.6 Å². The Morgan fingerprint density at radius 2 is 1.50 bits per heavy atom. The van der Waals surface area contributed by atoms with Crippen molar-refractivity contribution in [2.24, 2.45) is 0 Å². The first-order chi connectivity index (χ1) is 6.84. The second-order valence-corrected chi connectivity index (χ2v) is 3.05. The first kappa shape index (κ1) is 8.81. The fourth-order valence-corrected chi connectivity index (χ4v) is 1.28. The van der Waals surface area contributed by atoms with Crippen LogP contribution in [-0.4, -0.2) is 5.78 Å². The van der Waals surface area contributed by atoms with Gasteiger partial charge in [0, 0.05) is 0 Å². The van der Waals surface area contributed by atoms with Crippen molar-refractivity contribution < 1.29 is 13.6 Å². The lowest BCUT2D eigenvalue weighted by atomic mass is 10.1. The third-order valence-corrected chi connectivity index (χ3v) is 1.90. The Bertz CT molecular complexity index is 346. The van der Waals surface area contributed by atoms with Crippen LogP contribution >= 0.6 is 0 Å². The zero-order valence-corrected chi connectivity index (χ0v) is 7.60. The number of hydrogen-bond donors (Lipinski definition) is 0. The first-order valence-electron chi connectivity index (χ1n) is 4.41. The highest BCUT2D eigenvalue weighted by atomic mass is 16.3. The molecule has 0 atom stereocenters. The van der Waals surface area contributed by atoms with Gasteiger partial charge in [0.05, 0.1) is 25.4 Å². The fourth-order valence-electron chi connectivity index (χ4n) is 1.28. The van der Waals surface area contributed by atoms with Gasteiger partial charge < -0.3 is 8.83 Å². The predicted octanol–water partition coefficient (Wildman–Crippen LogP) is 2.23. The van der Waals surface area contributed by atoms with Crippen molar-refractivity contribution in [2.45, 2.75) is 12.8 Å². The predicted molar refractivity (Wildman–Crippen MR) is 49.8 cm³/mol. The zero-order valence-electron chi connectivity index (χ0n) is 7.60. The van der Waals surface area contributed by atoms with Crippen molar-refractivity contribution in [1.82, 2.24) is 0 Å². The minimum absolute atomic E-state index is 0.0925. The van der Waals surface area contributed by atoms with Crippen LogP contribution in [0, 0.1) is 0 Å². The van der Waals surface area contributed by atoms with E-state index in [1.807, 2.05) is 0 Å². The second-order valence-electron chi connectivity index (χ2n) is 3.05. The Labute approximate surface area is 81.3 Å². The lowest BCUT2D eigenvalue weighted by molar-refractivity contribution is -0.118. The highest BCUT2D eigenvalue weighted by Gasteiger charge is 2.08. The molecule has 2 aromatic heterocycles. The molecule has 0 radical (unpaired) electrons. The second kappa shape index (κ2) is 3.96. The van der Waals surface area contributed by atoms with E-state index in [4.69, 9.17) is 8.83 Å². The van der Waals surface area contributed by atoms with E-state index in [0.29, 0.717) is 24.4 Å². The lowest BCUT2D eigenvalue weighted by Gasteiger charge is -1.94. The quantitative estimate of drug-likeness (QED) is 0.742. The standard InChI is InChI=1S/C11H10O3/c12-9(7-10-3-1-5-13-10)8-11-4-2-6-14-11/h1-6H,7-8H2. The number of rotatable bonds is 4. The van der Waals surface area contributed by atoms with Crippen LogP contribution in [0.2, 0.25) is 0 Å². The van der Waals surface area contributed by atoms with Gasteiger partial charge in [-0.2, -0.15) is 0 Å². The van der Waals surface area contributed by atoms with Gasteiger partial charge in [-0.1, -0.05) is 0 Å². The Balaban J connectivity index is 1.91. The number of furan rings is 2. The molecule has 0 aliphatic carbocycles. The average Bonchev–Trinajstić information content (AvgIpc) is 2.76. The summed E-state index contributed by atoms with van der Waals surface area (Å²) in [5, 5.41) is 0. The Kier molecular flexibility index (Phi) is 2.49. The van der Waals surface area contributed by atoms with Crippen molar-refractivity contribution in [3.63, 3.8) is 0 Å². The highest BCUT2D eigenvalue weighted by Crippen LogP contribution is 2.06. The van der Waals surface area contributed by atoms with Crippen LogP contribution in [0.5, 0.6) is 0 Å². The summed E-state index contributed by atoms with van der Waals surface area (Å²) in [7, 11) is 0. The summed E-state index contributed by atoms with van der Waals surface area (Å²) in [6, 6.07) is 7.13. The summed E-state index contributed by atoms with van der Waals surface area (Å²) in [4.78, 5) is 11.5. The minimum Gasteiger partial charge on any atom is -0.469 e. The number of hydrogen-bond acceptors (Lipinski definition) is 3. The fraction of sp³-hybridized carbons (Fsp3) is 0.182. The van der Waals surface area contributed by atoms with Gasteiger partial charge in [0.15, 0.2) is 0 Å². The number of carbonyl (C=O) groups is 1. The first-order valence-corrected chi connectivity index (χ1v) is 4.41. The molecule has 3 nitrogen and oxygen atoms in total. The summed E-state index contributed by atoms with van der Waals surface area (Å²) >= 11 is 0. The van der Waals surface area contributed by atoms with E-state index in [9.17, 15) is 4.79 Å². The van der Waals surface area contributed by atoms with Crippen molar-refractivity contribution in [1.29, 1.82) is 0 Å². The number of ketones is 1. The summed E-state index contributed by atoms with van der Waals surface area (Å²) in [6.45, 7) is 0.